The van der Waals surface area contributed by atoms with Gasteiger partial charge in [0.2, 0.25) is 5.96 Å². The van der Waals surface area contributed by atoms with Gasteiger partial charge in [-0.1, -0.05) is 62.4 Å². The van der Waals surface area contributed by atoms with Crippen LogP contribution in [0.5, 0.6) is 0 Å². The highest BCUT2D eigenvalue weighted by molar-refractivity contribution is 6.22. The van der Waals surface area contributed by atoms with Crippen molar-refractivity contribution < 1.29 is 0 Å². The van der Waals surface area contributed by atoms with E-state index in [0.29, 0.717) is 17.7 Å². The normalized spacial score (nSPS) is 15.5. The number of allylic oxidation sites excluding steroid dienone is 4. The number of benzene rings is 4. The molecule has 4 aromatic carbocycles. The zero-order chi connectivity index (χ0) is 31.6. The lowest BCUT2D eigenvalue weighted by atomic mass is 9.96. The predicted octanol–water partition coefficient (Wildman–Crippen LogP) is 8.97. The maximum absolute atomic E-state index is 5.17. The Hall–Kier alpha value is -5.69. The Labute approximate surface area is 270 Å². The first-order valence-corrected chi connectivity index (χ1v) is 15.7. The second kappa shape index (κ2) is 12.4. The molecule has 0 bridgehead atoms. The maximum Gasteiger partial charge on any atom is 0.238 e. The first kappa shape index (κ1) is 29.0. The highest BCUT2D eigenvalue weighted by Gasteiger charge is 2.31. The molecule has 3 aliphatic heterocycles. The molecule has 1 unspecified atom stereocenters. The van der Waals surface area contributed by atoms with Crippen molar-refractivity contribution in [1.82, 2.24) is 4.90 Å². The highest BCUT2D eigenvalue weighted by atomic mass is 15.4. The largest absolute Gasteiger partial charge is 0.378 e. The molecule has 0 spiro atoms. The van der Waals surface area contributed by atoms with Crippen molar-refractivity contribution in [1.29, 1.82) is 0 Å². The third-order valence-corrected chi connectivity index (χ3v) is 8.50. The molecule has 228 valence electrons. The first-order valence-electron chi connectivity index (χ1n) is 15.7. The maximum atomic E-state index is 5.17. The Balaban J connectivity index is 1.33. The lowest BCUT2D eigenvalue weighted by molar-refractivity contribution is 0.617. The van der Waals surface area contributed by atoms with Crippen molar-refractivity contribution in [2.75, 3.05) is 29.6 Å². The third-order valence-electron chi connectivity index (χ3n) is 8.50. The second-order valence-electron chi connectivity index (χ2n) is 11.9. The van der Waals surface area contributed by atoms with Crippen LogP contribution in [0.3, 0.4) is 0 Å². The number of rotatable bonds is 9. The number of nitrogens with zero attached hydrogens (tertiary/aromatic N) is 5. The zero-order valence-corrected chi connectivity index (χ0v) is 26.6. The minimum atomic E-state index is 0.433. The van der Waals surface area contributed by atoms with Crippen LogP contribution in [0.2, 0.25) is 0 Å². The second-order valence-corrected chi connectivity index (χ2v) is 11.9. The van der Waals surface area contributed by atoms with Gasteiger partial charge in [0.15, 0.2) is 5.84 Å². The summed E-state index contributed by atoms with van der Waals surface area (Å²) in [5, 5.41) is 7.27. The van der Waals surface area contributed by atoms with Crippen molar-refractivity contribution in [3.05, 3.63) is 150 Å². The van der Waals surface area contributed by atoms with Gasteiger partial charge in [-0.25, -0.2) is 9.98 Å². The molecule has 4 aromatic rings. The Morgan fingerprint density at radius 2 is 1.43 bits per heavy atom. The number of nitrogens with one attached hydrogen (secondary N) is 2. The van der Waals surface area contributed by atoms with Gasteiger partial charge in [-0.15, -0.1) is 0 Å². The summed E-state index contributed by atoms with van der Waals surface area (Å²) < 4.78 is 0. The minimum Gasteiger partial charge on any atom is -0.378 e. The van der Waals surface area contributed by atoms with Crippen LogP contribution in [0.4, 0.5) is 28.4 Å². The molecule has 0 amide bonds. The van der Waals surface area contributed by atoms with Gasteiger partial charge < -0.3 is 15.5 Å². The van der Waals surface area contributed by atoms with E-state index in [4.69, 9.17) is 15.0 Å². The van der Waals surface area contributed by atoms with E-state index >= 15 is 0 Å². The smallest absolute Gasteiger partial charge is 0.238 e. The fourth-order valence-corrected chi connectivity index (χ4v) is 5.72. The number of amidine groups is 1. The summed E-state index contributed by atoms with van der Waals surface area (Å²) in [5.74, 6) is 2.44. The molecule has 1 atom stereocenters. The number of anilines is 5. The van der Waals surface area contributed by atoms with E-state index in [1.165, 1.54) is 5.56 Å². The molecule has 0 fully saturated rings. The summed E-state index contributed by atoms with van der Waals surface area (Å²) in [4.78, 5) is 19.5. The molecule has 0 aromatic heterocycles. The average molecular weight is 604 g/mol. The van der Waals surface area contributed by atoms with Gasteiger partial charge in [-0.3, -0.25) is 4.90 Å². The van der Waals surface area contributed by atoms with Crippen molar-refractivity contribution in [3.63, 3.8) is 0 Å². The summed E-state index contributed by atoms with van der Waals surface area (Å²) >= 11 is 0. The van der Waals surface area contributed by atoms with Gasteiger partial charge in [0.25, 0.3) is 0 Å². The van der Waals surface area contributed by atoms with Crippen LogP contribution >= 0.6 is 0 Å². The molecule has 0 aliphatic carbocycles. The summed E-state index contributed by atoms with van der Waals surface area (Å²) in [6.07, 6.45) is 9.30. The lowest BCUT2D eigenvalue weighted by Crippen LogP contribution is -2.36. The Morgan fingerprint density at radius 3 is 2.11 bits per heavy atom. The molecular weight excluding hydrogens is 566 g/mol. The van der Waals surface area contributed by atoms with Crippen LogP contribution < -0.4 is 15.5 Å². The highest BCUT2D eigenvalue weighted by Crippen LogP contribution is 2.35. The van der Waals surface area contributed by atoms with E-state index in [0.717, 1.165) is 63.2 Å². The van der Waals surface area contributed by atoms with Gasteiger partial charge in [0.05, 0.1) is 17.1 Å². The topological polar surface area (TPSA) is 67.6 Å². The van der Waals surface area contributed by atoms with E-state index in [1.54, 1.807) is 0 Å². The van der Waals surface area contributed by atoms with Gasteiger partial charge in [0, 0.05) is 48.0 Å². The summed E-state index contributed by atoms with van der Waals surface area (Å²) in [5.41, 5.74) is 10.0. The van der Waals surface area contributed by atoms with E-state index in [2.05, 4.69) is 102 Å². The van der Waals surface area contributed by atoms with Gasteiger partial charge in [-0.2, -0.15) is 4.99 Å². The zero-order valence-electron chi connectivity index (χ0n) is 26.6. The molecule has 7 rings (SSSR count). The quantitative estimate of drug-likeness (QED) is 0.200. The molecule has 46 heavy (non-hydrogen) atoms. The number of para-hydroxylation sites is 2. The molecule has 7 heteroatoms. The Morgan fingerprint density at radius 1 is 0.761 bits per heavy atom. The van der Waals surface area contributed by atoms with Crippen LogP contribution in [0, 0.1) is 0 Å². The SMILES string of the molecule is CCC(C)c1ccc(C2=NC3=CC=CC4=CC(c5ccc(N(C)C)cc5Nc5ccccc5)=NC(=N2)N43)c(Nc2ccccc2)c1. The number of guanidine groups is 1. The van der Waals surface area contributed by atoms with E-state index in [9.17, 15) is 0 Å². The Kier molecular flexibility index (Phi) is 7.81. The number of hydrogen-bond donors (Lipinski definition) is 2. The third kappa shape index (κ3) is 5.75. The van der Waals surface area contributed by atoms with Crippen molar-refractivity contribution in [3.8, 4) is 0 Å². The standard InChI is InChI=1S/C39H37N7/c1-5-26(2)27-19-21-33(34(23-27)40-28-13-8-6-9-14-28)38-43-37-18-12-17-31-25-36(42-39(44-38)46(31)37)32-22-20-30(45(3)4)24-35(32)41-29-15-10-7-11-16-29/h6-26,40-41H,5H2,1-4H3. The van der Waals surface area contributed by atoms with Crippen molar-refractivity contribution >= 4 is 45.9 Å². The van der Waals surface area contributed by atoms with E-state index < -0.39 is 0 Å². The van der Waals surface area contributed by atoms with E-state index in [1.807, 2.05) is 67.5 Å². The summed E-state index contributed by atoms with van der Waals surface area (Å²) in [6, 6.07) is 33.4. The van der Waals surface area contributed by atoms with Gasteiger partial charge in [-0.05, 0) is 90.7 Å². The molecule has 0 saturated carbocycles. The summed E-state index contributed by atoms with van der Waals surface area (Å²) in [7, 11) is 4.10. The van der Waals surface area contributed by atoms with Crippen molar-refractivity contribution in [2.24, 2.45) is 15.0 Å². The molecule has 3 heterocycles. The van der Waals surface area contributed by atoms with Gasteiger partial charge in [0.1, 0.15) is 5.82 Å². The molecule has 0 saturated heterocycles. The summed E-state index contributed by atoms with van der Waals surface area (Å²) in [6.45, 7) is 4.48. The van der Waals surface area contributed by atoms with Crippen molar-refractivity contribution in [2.45, 2.75) is 26.2 Å². The molecular formula is C39H37N7. The van der Waals surface area contributed by atoms with Crippen LogP contribution in [0.15, 0.2) is 148 Å². The van der Waals surface area contributed by atoms with Crippen LogP contribution in [-0.2, 0) is 0 Å². The van der Waals surface area contributed by atoms with Crippen LogP contribution in [0.25, 0.3) is 0 Å². The fourth-order valence-electron chi connectivity index (χ4n) is 5.72. The Bertz CT molecular complexity index is 1960. The molecule has 7 nitrogen and oxygen atoms in total. The minimum absolute atomic E-state index is 0.433. The predicted molar refractivity (Wildman–Crippen MR) is 193 cm³/mol. The van der Waals surface area contributed by atoms with Gasteiger partial charge >= 0.3 is 0 Å². The number of hydrogen-bond acceptors (Lipinski definition) is 7. The fraction of sp³-hybridized carbons (Fsp3) is 0.154. The van der Waals surface area contributed by atoms with Crippen LogP contribution in [-0.4, -0.2) is 36.5 Å². The van der Waals surface area contributed by atoms with E-state index in [-0.39, 0.29) is 0 Å². The molecule has 3 aliphatic rings. The number of aliphatic imine (C=N–C) groups is 3. The first-order chi connectivity index (χ1) is 22.5. The molecule has 0 radical (unpaired) electrons. The average Bonchev–Trinajstić information content (AvgIpc) is 3.08. The monoisotopic (exact) mass is 603 g/mol. The molecule has 2 N–H and O–H groups in total. The lowest BCUT2D eigenvalue weighted by Gasteiger charge is -2.33. The van der Waals surface area contributed by atoms with Crippen LogP contribution in [0.1, 0.15) is 42.9 Å².